The van der Waals surface area contributed by atoms with Crippen LogP contribution in [0.15, 0.2) is 0 Å². The van der Waals surface area contributed by atoms with Gasteiger partial charge in [0, 0.05) is 7.34 Å². The third kappa shape index (κ3) is 3.49. The molecule has 0 aliphatic carbocycles. The van der Waals surface area contributed by atoms with Crippen molar-refractivity contribution in [1.29, 1.82) is 0 Å². The van der Waals surface area contributed by atoms with Gasteiger partial charge in [-0.3, -0.25) is 0 Å². The molecule has 0 fully saturated rings. The summed E-state index contributed by atoms with van der Waals surface area (Å²) in [6.07, 6.45) is 0. The average Bonchev–Trinajstić information content (AvgIpc) is 1.35. The van der Waals surface area contributed by atoms with Crippen LogP contribution in [0.5, 0.6) is 0 Å². The van der Waals surface area contributed by atoms with E-state index < -0.39 is 0 Å². The minimum absolute atomic E-state index is 0. The maximum Gasteiger partial charge on any atom is 0.216 e. The zero-order valence-corrected chi connectivity index (χ0v) is 4.23. The van der Waals surface area contributed by atoms with Gasteiger partial charge in [-0.2, -0.15) is 0 Å². The zero-order chi connectivity index (χ0) is 4.99. The summed E-state index contributed by atoms with van der Waals surface area (Å²) in [5, 5.41) is 0. The summed E-state index contributed by atoms with van der Waals surface area (Å²) in [5.74, 6) is 0.544. The van der Waals surface area contributed by atoms with Gasteiger partial charge in [0.1, 0.15) is 0 Å². The molecule has 1 heteroatoms. The molecule has 0 amide bonds. The highest BCUT2D eigenvalue weighted by Gasteiger charge is 1.89. The second kappa shape index (κ2) is 2.71. The standard InChI is InChI=1S/C5H9N.H2/c1-5(2)4-6-3;/h5H,4H2,1-2H3;1H. The Morgan fingerprint density at radius 3 is 2.33 bits per heavy atom. The highest BCUT2D eigenvalue weighted by Crippen LogP contribution is 1.88. The summed E-state index contributed by atoms with van der Waals surface area (Å²) in [5.41, 5.74) is 0. The average molecular weight is 85.1 g/mol. The molecule has 1 nitrogen and oxygen atoms in total. The van der Waals surface area contributed by atoms with E-state index >= 15 is 0 Å². The molecule has 0 heterocycles. The molecule has 0 unspecified atom stereocenters. The van der Waals surface area contributed by atoms with Gasteiger partial charge in [-0.25, -0.2) is 6.57 Å². The molecule has 0 radical (unpaired) electrons. The first kappa shape index (κ1) is 5.49. The van der Waals surface area contributed by atoms with Crippen molar-refractivity contribution in [3.05, 3.63) is 11.4 Å². The van der Waals surface area contributed by atoms with Crippen LogP contribution in [0.1, 0.15) is 15.3 Å². The van der Waals surface area contributed by atoms with Crippen molar-refractivity contribution in [1.82, 2.24) is 0 Å². The van der Waals surface area contributed by atoms with Crippen molar-refractivity contribution < 1.29 is 1.43 Å². The van der Waals surface area contributed by atoms with Crippen LogP contribution in [-0.2, 0) is 0 Å². The van der Waals surface area contributed by atoms with Gasteiger partial charge in [-0.1, -0.05) is 13.8 Å². The lowest BCUT2D eigenvalue weighted by molar-refractivity contribution is 0.711. The van der Waals surface area contributed by atoms with Crippen LogP contribution in [0.2, 0.25) is 0 Å². The van der Waals surface area contributed by atoms with E-state index in [1.54, 1.807) is 0 Å². The van der Waals surface area contributed by atoms with E-state index in [4.69, 9.17) is 6.57 Å². The van der Waals surface area contributed by atoms with Crippen LogP contribution in [0.3, 0.4) is 0 Å². The van der Waals surface area contributed by atoms with Gasteiger partial charge in [0.15, 0.2) is 0 Å². The maximum absolute atomic E-state index is 6.36. The molecule has 0 aliphatic heterocycles. The lowest BCUT2D eigenvalue weighted by atomic mass is 10.2. The molecule has 0 aromatic carbocycles. The molecule has 36 valence electrons. The van der Waals surface area contributed by atoms with Crippen LogP contribution in [0.25, 0.3) is 4.85 Å². The van der Waals surface area contributed by atoms with Crippen molar-refractivity contribution >= 4 is 0 Å². The number of rotatable bonds is 1. The van der Waals surface area contributed by atoms with Gasteiger partial charge in [0.05, 0.1) is 0 Å². The van der Waals surface area contributed by atoms with Gasteiger partial charge < -0.3 is 4.85 Å². The van der Waals surface area contributed by atoms with E-state index in [0.717, 1.165) is 0 Å². The summed E-state index contributed by atoms with van der Waals surface area (Å²) < 4.78 is 0. The van der Waals surface area contributed by atoms with Gasteiger partial charge in [0.2, 0.25) is 6.54 Å². The Bertz CT molecular complexity index is 63.0. The molecule has 0 aliphatic rings. The second-order valence-corrected chi connectivity index (χ2v) is 1.73. The molecule has 0 rings (SSSR count). The first-order valence-corrected chi connectivity index (χ1v) is 2.10. The largest absolute Gasteiger partial charge is 0.317 e. The number of nitrogens with zero attached hydrogens (tertiary/aromatic N) is 1. The molecule has 6 heavy (non-hydrogen) atoms. The molecule has 0 aromatic heterocycles. The molecule has 0 saturated heterocycles. The predicted molar refractivity (Wildman–Crippen MR) is 28.4 cm³/mol. The Balaban J connectivity index is 0. The van der Waals surface area contributed by atoms with Gasteiger partial charge >= 0.3 is 0 Å². The number of hydrogen-bond acceptors (Lipinski definition) is 0. The van der Waals surface area contributed by atoms with E-state index in [0.29, 0.717) is 12.5 Å². The van der Waals surface area contributed by atoms with Crippen LogP contribution < -0.4 is 0 Å². The van der Waals surface area contributed by atoms with Crippen LogP contribution in [0.4, 0.5) is 0 Å². The first-order chi connectivity index (χ1) is 2.77. The van der Waals surface area contributed by atoms with E-state index in [1.807, 2.05) is 13.8 Å². The lowest BCUT2D eigenvalue weighted by Crippen LogP contribution is -1.86. The fourth-order valence-corrected chi connectivity index (χ4v) is 0.183. The minimum atomic E-state index is 0. The highest BCUT2D eigenvalue weighted by molar-refractivity contribution is 4.60. The highest BCUT2D eigenvalue weighted by atomic mass is 14.6. The molecule has 0 spiro atoms. The van der Waals surface area contributed by atoms with Crippen LogP contribution in [-0.4, -0.2) is 6.54 Å². The van der Waals surface area contributed by atoms with Crippen LogP contribution >= 0.6 is 0 Å². The third-order valence-corrected chi connectivity index (χ3v) is 0.456. The summed E-state index contributed by atoms with van der Waals surface area (Å²) in [7, 11) is 0. The normalized spacial score (nSPS) is 8.33. The topological polar surface area (TPSA) is 4.36 Å². The SMILES string of the molecule is [C-]#[N+]CC(C)C.[HH]. The van der Waals surface area contributed by atoms with Crippen molar-refractivity contribution in [3.63, 3.8) is 0 Å². The van der Waals surface area contributed by atoms with Crippen molar-refractivity contribution in [2.24, 2.45) is 5.92 Å². The van der Waals surface area contributed by atoms with Gasteiger partial charge in [-0.05, 0) is 0 Å². The summed E-state index contributed by atoms with van der Waals surface area (Å²) in [6.45, 7) is 11.1. The molecular weight excluding hydrogens is 74.1 g/mol. The summed E-state index contributed by atoms with van der Waals surface area (Å²) in [4.78, 5) is 3.19. The summed E-state index contributed by atoms with van der Waals surface area (Å²) in [6, 6.07) is 0. The summed E-state index contributed by atoms with van der Waals surface area (Å²) >= 11 is 0. The Labute approximate surface area is 40.3 Å². The Morgan fingerprint density at radius 2 is 2.33 bits per heavy atom. The molecule has 0 aromatic rings. The predicted octanol–water partition coefficient (Wildman–Crippen LogP) is 1.81. The fourth-order valence-electron chi connectivity index (χ4n) is 0.183. The van der Waals surface area contributed by atoms with Gasteiger partial charge in [-0.15, -0.1) is 0 Å². The van der Waals surface area contributed by atoms with E-state index in [2.05, 4.69) is 4.85 Å². The second-order valence-electron chi connectivity index (χ2n) is 1.73. The fraction of sp³-hybridized carbons (Fsp3) is 0.800. The number of hydrogen-bond donors (Lipinski definition) is 0. The quantitative estimate of drug-likeness (QED) is 0.428. The molecule has 0 N–H and O–H groups in total. The van der Waals surface area contributed by atoms with Gasteiger partial charge in [0.25, 0.3) is 0 Å². The Morgan fingerprint density at radius 1 is 1.83 bits per heavy atom. The van der Waals surface area contributed by atoms with Crippen molar-refractivity contribution in [3.8, 4) is 0 Å². The Kier molecular flexibility index (Phi) is 2.48. The smallest absolute Gasteiger partial charge is 0.216 e. The Hall–Kier alpha value is -0.510. The molecule has 0 bridgehead atoms. The first-order valence-electron chi connectivity index (χ1n) is 2.10. The van der Waals surface area contributed by atoms with Crippen molar-refractivity contribution in [2.45, 2.75) is 13.8 Å². The van der Waals surface area contributed by atoms with Crippen LogP contribution in [0, 0.1) is 12.5 Å². The molecular formula is C5H11N. The lowest BCUT2D eigenvalue weighted by Gasteiger charge is -1.85. The van der Waals surface area contributed by atoms with Crippen molar-refractivity contribution in [2.75, 3.05) is 6.54 Å². The maximum atomic E-state index is 6.36. The van der Waals surface area contributed by atoms with E-state index in [-0.39, 0.29) is 1.43 Å². The minimum Gasteiger partial charge on any atom is -0.317 e. The van der Waals surface area contributed by atoms with E-state index in [9.17, 15) is 0 Å². The molecule has 0 saturated carbocycles. The molecule has 0 atom stereocenters. The zero-order valence-electron chi connectivity index (χ0n) is 4.23. The monoisotopic (exact) mass is 85.1 g/mol. The third-order valence-electron chi connectivity index (χ3n) is 0.456. The van der Waals surface area contributed by atoms with E-state index in [1.165, 1.54) is 0 Å².